The Morgan fingerprint density at radius 2 is 1.79 bits per heavy atom. The molecule has 0 spiro atoms. The van der Waals surface area contributed by atoms with E-state index in [4.69, 9.17) is 24.1 Å². The number of aromatic nitrogens is 1. The number of carboxylic acid groups (broad SMARTS) is 2. The molecular formula is C19H21NO8. The monoisotopic (exact) mass is 391 g/mol. The predicted octanol–water partition coefficient (Wildman–Crippen LogP) is 3.49. The number of carboxylic acids is 2. The maximum atomic E-state index is 11.7. The average molecular weight is 391 g/mol. The van der Waals surface area contributed by atoms with Gasteiger partial charge in [-0.25, -0.2) is 14.6 Å². The molecule has 1 aromatic heterocycles. The van der Waals surface area contributed by atoms with E-state index in [1.165, 1.54) is 0 Å². The third-order valence-electron chi connectivity index (χ3n) is 3.51. The number of nitrogens with zero attached hydrogens (tertiary/aromatic N) is 1. The minimum atomic E-state index is -1.26. The lowest BCUT2D eigenvalue weighted by Gasteiger charge is -2.18. The van der Waals surface area contributed by atoms with Crippen molar-refractivity contribution >= 4 is 18.1 Å². The van der Waals surface area contributed by atoms with Gasteiger partial charge in [-0.05, 0) is 44.9 Å². The number of ether oxygens (including phenoxy) is 2. The van der Waals surface area contributed by atoms with Crippen molar-refractivity contribution < 1.29 is 38.5 Å². The van der Waals surface area contributed by atoms with Crippen LogP contribution in [-0.2, 0) is 16.0 Å². The lowest BCUT2D eigenvalue weighted by Crippen LogP contribution is -2.25. The summed E-state index contributed by atoms with van der Waals surface area (Å²) in [4.78, 5) is 37.6. The van der Waals surface area contributed by atoms with Crippen LogP contribution in [0.5, 0.6) is 5.75 Å². The fraction of sp³-hybridized carbons (Fsp3) is 0.368. The first kappa shape index (κ1) is 20.9. The Morgan fingerprint density at radius 3 is 2.29 bits per heavy atom. The first-order valence-corrected chi connectivity index (χ1v) is 8.44. The molecule has 9 nitrogen and oxygen atoms in total. The number of benzene rings is 1. The fourth-order valence-electron chi connectivity index (χ4n) is 2.38. The van der Waals surface area contributed by atoms with Gasteiger partial charge in [-0.2, -0.15) is 0 Å². The highest BCUT2D eigenvalue weighted by atomic mass is 16.7. The van der Waals surface area contributed by atoms with Gasteiger partial charge in [0.1, 0.15) is 17.6 Å². The molecule has 1 atom stereocenters. The molecule has 0 saturated heterocycles. The Bertz CT molecular complexity index is 848. The maximum absolute atomic E-state index is 11.7. The van der Waals surface area contributed by atoms with Gasteiger partial charge in [0.05, 0.1) is 12.3 Å². The molecule has 2 N–H and O–H groups in total. The molecule has 0 radical (unpaired) electrons. The van der Waals surface area contributed by atoms with Crippen LogP contribution >= 0.6 is 0 Å². The van der Waals surface area contributed by atoms with E-state index in [0.717, 1.165) is 11.8 Å². The minimum absolute atomic E-state index is 0.0360. The number of carbonyl (C=O) groups is 3. The van der Waals surface area contributed by atoms with Crippen molar-refractivity contribution in [1.29, 1.82) is 0 Å². The van der Waals surface area contributed by atoms with Crippen LogP contribution in [0.4, 0.5) is 4.79 Å². The van der Waals surface area contributed by atoms with E-state index in [1.807, 2.05) is 0 Å². The highest BCUT2D eigenvalue weighted by Gasteiger charge is 2.23. The largest absolute Gasteiger partial charge is 0.514 e. The maximum Gasteiger partial charge on any atom is 0.514 e. The number of hydrogen-bond donors (Lipinski definition) is 2. The smallest absolute Gasteiger partial charge is 0.481 e. The lowest BCUT2D eigenvalue weighted by molar-refractivity contribution is -0.137. The standard InChI is InChI=1S/C19H21NO8/c1-19(2,3)28-18(25)27-13-6-4-11(5-7-13)8-12(9-15(21)22)16-20-14(10-26-16)17(23)24/h4-7,10,12H,8-9H2,1-3H3,(H,21,22)(H,23,24). The zero-order chi connectivity index (χ0) is 20.9. The average Bonchev–Trinajstić information content (AvgIpc) is 3.04. The van der Waals surface area contributed by atoms with Crippen molar-refractivity contribution in [2.45, 2.75) is 45.1 Å². The summed E-state index contributed by atoms with van der Waals surface area (Å²) in [6, 6.07) is 6.43. The summed E-state index contributed by atoms with van der Waals surface area (Å²) in [7, 11) is 0. The molecule has 150 valence electrons. The molecule has 0 saturated carbocycles. The molecular weight excluding hydrogens is 370 g/mol. The van der Waals surface area contributed by atoms with E-state index in [9.17, 15) is 14.4 Å². The topological polar surface area (TPSA) is 136 Å². The van der Waals surface area contributed by atoms with Gasteiger partial charge in [-0.3, -0.25) is 4.79 Å². The Labute approximate surface area is 160 Å². The molecule has 1 unspecified atom stereocenters. The van der Waals surface area contributed by atoms with Crippen LogP contribution in [0.25, 0.3) is 0 Å². The van der Waals surface area contributed by atoms with Crippen molar-refractivity contribution in [2.24, 2.45) is 0 Å². The zero-order valence-electron chi connectivity index (χ0n) is 15.7. The van der Waals surface area contributed by atoms with Crippen molar-refractivity contribution in [3.05, 3.63) is 47.7 Å². The van der Waals surface area contributed by atoms with Crippen molar-refractivity contribution in [1.82, 2.24) is 4.98 Å². The van der Waals surface area contributed by atoms with Crippen LogP contribution in [0.3, 0.4) is 0 Å². The Kier molecular flexibility index (Phi) is 6.40. The first-order valence-electron chi connectivity index (χ1n) is 8.44. The van der Waals surface area contributed by atoms with Gasteiger partial charge in [-0.1, -0.05) is 12.1 Å². The van der Waals surface area contributed by atoms with E-state index in [-0.39, 0.29) is 30.2 Å². The number of carbonyl (C=O) groups excluding carboxylic acids is 1. The summed E-state index contributed by atoms with van der Waals surface area (Å²) >= 11 is 0. The number of oxazole rings is 1. The SMILES string of the molecule is CC(C)(C)OC(=O)Oc1ccc(CC(CC(=O)O)c2nc(C(=O)O)co2)cc1. The van der Waals surface area contributed by atoms with Crippen molar-refractivity contribution in [3.63, 3.8) is 0 Å². The molecule has 9 heteroatoms. The number of aromatic carboxylic acids is 1. The normalized spacial score (nSPS) is 12.2. The summed E-state index contributed by atoms with van der Waals surface area (Å²) in [5.74, 6) is -2.66. The Morgan fingerprint density at radius 1 is 1.14 bits per heavy atom. The van der Waals surface area contributed by atoms with E-state index >= 15 is 0 Å². The zero-order valence-corrected chi connectivity index (χ0v) is 15.7. The lowest BCUT2D eigenvalue weighted by atomic mass is 9.96. The van der Waals surface area contributed by atoms with Crippen LogP contribution in [0.2, 0.25) is 0 Å². The second-order valence-corrected chi connectivity index (χ2v) is 7.09. The van der Waals surface area contributed by atoms with Crippen LogP contribution < -0.4 is 4.74 Å². The number of hydrogen-bond acceptors (Lipinski definition) is 7. The minimum Gasteiger partial charge on any atom is -0.481 e. The molecule has 0 amide bonds. The quantitative estimate of drug-likeness (QED) is 0.537. The summed E-state index contributed by atoms with van der Waals surface area (Å²) in [5.41, 5.74) is -0.226. The van der Waals surface area contributed by atoms with Gasteiger partial charge < -0.3 is 24.1 Å². The third-order valence-corrected chi connectivity index (χ3v) is 3.51. The molecule has 1 aromatic carbocycles. The number of rotatable bonds is 7. The van der Waals surface area contributed by atoms with E-state index in [1.54, 1.807) is 45.0 Å². The predicted molar refractivity (Wildman–Crippen MR) is 95.5 cm³/mol. The molecule has 2 aromatic rings. The first-order chi connectivity index (χ1) is 13.0. The summed E-state index contributed by atoms with van der Waals surface area (Å²) in [5, 5.41) is 18.1. The van der Waals surface area contributed by atoms with Gasteiger partial charge in [-0.15, -0.1) is 0 Å². The summed E-state index contributed by atoms with van der Waals surface area (Å²) in [6.07, 6.45) is 0.114. The molecule has 0 aliphatic carbocycles. The van der Waals surface area contributed by atoms with Gasteiger partial charge >= 0.3 is 18.1 Å². The van der Waals surface area contributed by atoms with Crippen LogP contribution in [0.15, 0.2) is 34.9 Å². The molecule has 0 fully saturated rings. The van der Waals surface area contributed by atoms with Crippen LogP contribution in [0.1, 0.15) is 55.1 Å². The molecule has 1 heterocycles. The Hall–Kier alpha value is -3.36. The molecule has 0 bridgehead atoms. The fourth-order valence-corrected chi connectivity index (χ4v) is 2.38. The molecule has 2 rings (SSSR count). The van der Waals surface area contributed by atoms with Crippen LogP contribution in [-0.4, -0.2) is 38.9 Å². The Balaban J connectivity index is 2.08. The van der Waals surface area contributed by atoms with E-state index < -0.39 is 29.6 Å². The number of aliphatic carboxylic acids is 1. The van der Waals surface area contributed by atoms with Crippen molar-refractivity contribution in [2.75, 3.05) is 0 Å². The highest BCUT2D eigenvalue weighted by molar-refractivity contribution is 5.84. The van der Waals surface area contributed by atoms with E-state index in [2.05, 4.69) is 4.98 Å². The molecule has 0 aliphatic heterocycles. The van der Waals surface area contributed by atoms with Crippen molar-refractivity contribution in [3.8, 4) is 5.75 Å². The summed E-state index contributed by atoms with van der Waals surface area (Å²) in [6.45, 7) is 5.16. The summed E-state index contributed by atoms with van der Waals surface area (Å²) < 4.78 is 15.3. The van der Waals surface area contributed by atoms with Gasteiger partial charge in [0.2, 0.25) is 0 Å². The second kappa shape index (κ2) is 8.55. The van der Waals surface area contributed by atoms with E-state index in [0.29, 0.717) is 0 Å². The van der Waals surface area contributed by atoms with Gasteiger partial charge in [0.25, 0.3) is 0 Å². The second-order valence-electron chi connectivity index (χ2n) is 7.09. The molecule has 28 heavy (non-hydrogen) atoms. The van der Waals surface area contributed by atoms with Gasteiger partial charge in [0.15, 0.2) is 11.6 Å². The van der Waals surface area contributed by atoms with Crippen LogP contribution in [0, 0.1) is 0 Å². The third kappa shape index (κ3) is 6.42. The highest BCUT2D eigenvalue weighted by Crippen LogP contribution is 2.25. The molecule has 0 aliphatic rings. The van der Waals surface area contributed by atoms with Gasteiger partial charge in [0, 0.05) is 0 Å².